The zero-order chi connectivity index (χ0) is 14.3. The van der Waals surface area contributed by atoms with E-state index in [1.54, 1.807) is 13.0 Å². The monoisotopic (exact) mass is 270 g/mol. The van der Waals surface area contributed by atoms with Gasteiger partial charge in [-0.25, -0.2) is 14.6 Å². The Hall–Kier alpha value is -2.31. The van der Waals surface area contributed by atoms with Gasteiger partial charge in [0, 0.05) is 0 Å². The molecule has 104 valence electrons. The number of para-hydroxylation sites is 1. The molecule has 6 nitrogen and oxygen atoms in total. The van der Waals surface area contributed by atoms with Crippen LogP contribution in [0.4, 0.5) is 9.18 Å². The zero-order valence-electron chi connectivity index (χ0n) is 10.6. The van der Waals surface area contributed by atoms with Gasteiger partial charge in [0.15, 0.2) is 17.7 Å². The Morgan fingerprint density at radius 1 is 1.32 bits per heavy atom. The summed E-state index contributed by atoms with van der Waals surface area (Å²) in [6.07, 6.45) is -1.76. The number of amides is 2. The minimum absolute atomic E-state index is 0.0405. The van der Waals surface area contributed by atoms with Crippen LogP contribution in [0, 0.1) is 5.82 Å². The fourth-order valence-electron chi connectivity index (χ4n) is 1.17. The fraction of sp³-hybridized carbons (Fsp3) is 0.333. The van der Waals surface area contributed by atoms with Crippen molar-refractivity contribution in [2.75, 3.05) is 6.61 Å². The highest BCUT2D eigenvalue weighted by molar-refractivity contribution is 5.82. The van der Waals surface area contributed by atoms with E-state index < -0.39 is 23.9 Å². The first kappa shape index (κ1) is 14.7. The molecular weight excluding hydrogens is 255 g/mol. The predicted molar refractivity (Wildman–Crippen MR) is 64.8 cm³/mol. The van der Waals surface area contributed by atoms with Crippen molar-refractivity contribution in [2.24, 2.45) is 0 Å². The van der Waals surface area contributed by atoms with Crippen molar-refractivity contribution in [3.05, 3.63) is 30.1 Å². The third-order valence-electron chi connectivity index (χ3n) is 2.07. The van der Waals surface area contributed by atoms with Gasteiger partial charge in [-0.3, -0.25) is 10.2 Å². The van der Waals surface area contributed by atoms with Crippen molar-refractivity contribution in [3.63, 3.8) is 0 Å². The summed E-state index contributed by atoms with van der Waals surface area (Å²) in [5.41, 5.74) is 4.13. The van der Waals surface area contributed by atoms with Gasteiger partial charge in [0.2, 0.25) is 0 Å². The molecule has 2 N–H and O–H groups in total. The molecular formula is C12H15FN2O4. The van der Waals surface area contributed by atoms with E-state index in [-0.39, 0.29) is 12.4 Å². The summed E-state index contributed by atoms with van der Waals surface area (Å²) >= 11 is 0. The summed E-state index contributed by atoms with van der Waals surface area (Å²) in [6.45, 7) is 3.24. The Balaban J connectivity index is 2.45. The second-order valence-electron chi connectivity index (χ2n) is 3.53. The van der Waals surface area contributed by atoms with E-state index in [0.29, 0.717) is 0 Å². The van der Waals surface area contributed by atoms with Gasteiger partial charge in [-0.15, -0.1) is 0 Å². The number of benzene rings is 1. The van der Waals surface area contributed by atoms with Crippen LogP contribution in [0.2, 0.25) is 0 Å². The molecule has 1 atom stereocenters. The lowest BCUT2D eigenvalue weighted by atomic mass is 10.3. The number of hydrazine groups is 1. The summed E-state index contributed by atoms with van der Waals surface area (Å²) < 4.78 is 22.9. The first-order valence-corrected chi connectivity index (χ1v) is 5.68. The molecule has 0 bridgehead atoms. The van der Waals surface area contributed by atoms with Gasteiger partial charge in [-0.2, -0.15) is 0 Å². The Morgan fingerprint density at radius 2 is 2.00 bits per heavy atom. The molecule has 0 aromatic heterocycles. The number of rotatable bonds is 4. The molecule has 0 saturated heterocycles. The predicted octanol–water partition coefficient (Wildman–Crippen LogP) is 1.37. The minimum atomic E-state index is -0.973. The SMILES string of the molecule is CCOC(=O)NNC(=O)[C@@H](C)Oc1ccccc1F. The lowest BCUT2D eigenvalue weighted by molar-refractivity contribution is -0.128. The van der Waals surface area contributed by atoms with E-state index in [1.807, 2.05) is 5.43 Å². The van der Waals surface area contributed by atoms with Crippen LogP contribution in [-0.2, 0) is 9.53 Å². The maximum atomic E-state index is 13.3. The van der Waals surface area contributed by atoms with Gasteiger partial charge in [-0.05, 0) is 26.0 Å². The van der Waals surface area contributed by atoms with E-state index in [9.17, 15) is 14.0 Å². The number of hydrogen-bond acceptors (Lipinski definition) is 4. The quantitative estimate of drug-likeness (QED) is 0.810. The maximum Gasteiger partial charge on any atom is 0.426 e. The smallest absolute Gasteiger partial charge is 0.426 e. The van der Waals surface area contributed by atoms with Crippen LogP contribution in [0.3, 0.4) is 0 Å². The zero-order valence-corrected chi connectivity index (χ0v) is 10.6. The van der Waals surface area contributed by atoms with Gasteiger partial charge in [0.25, 0.3) is 5.91 Å². The number of ether oxygens (including phenoxy) is 2. The average Bonchev–Trinajstić information content (AvgIpc) is 2.39. The molecule has 1 rings (SSSR count). The van der Waals surface area contributed by atoms with E-state index in [0.717, 1.165) is 0 Å². The van der Waals surface area contributed by atoms with E-state index >= 15 is 0 Å². The summed E-state index contributed by atoms with van der Waals surface area (Å²) in [4.78, 5) is 22.5. The highest BCUT2D eigenvalue weighted by atomic mass is 19.1. The molecule has 0 radical (unpaired) electrons. The highest BCUT2D eigenvalue weighted by Gasteiger charge is 2.17. The lowest BCUT2D eigenvalue weighted by Crippen LogP contribution is -2.47. The number of carbonyl (C=O) groups excluding carboxylic acids is 2. The summed E-state index contributed by atoms with van der Waals surface area (Å²) in [7, 11) is 0. The van der Waals surface area contributed by atoms with Gasteiger partial charge < -0.3 is 9.47 Å². The van der Waals surface area contributed by atoms with Gasteiger partial charge in [0.1, 0.15) is 0 Å². The summed E-state index contributed by atoms with van der Waals surface area (Å²) in [5, 5.41) is 0. The van der Waals surface area contributed by atoms with Gasteiger partial charge in [0.05, 0.1) is 6.61 Å². The highest BCUT2D eigenvalue weighted by Crippen LogP contribution is 2.16. The van der Waals surface area contributed by atoms with Crippen LogP contribution in [0.25, 0.3) is 0 Å². The number of halogens is 1. The van der Waals surface area contributed by atoms with Crippen LogP contribution in [0.1, 0.15) is 13.8 Å². The first-order valence-electron chi connectivity index (χ1n) is 5.68. The topological polar surface area (TPSA) is 76.7 Å². The van der Waals surface area contributed by atoms with Crippen LogP contribution < -0.4 is 15.6 Å². The summed E-state index contributed by atoms with van der Waals surface area (Å²) in [6, 6.07) is 5.71. The van der Waals surface area contributed by atoms with Crippen LogP contribution in [0.15, 0.2) is 24.3 Å². The molecule has 0 aliphatic heterocycles. The Labute approximate surface area is 109 Å². The molecule has 1 aromatic carbocycles. The Morgan fingerprint density at radius 3 is 2.63 bits per heavy atom. The van der Waals surface area contributed by atoms with Crippen LogP contribution in [0.5, 0.6) is 5.75 Å². The molecule has 2 amide bonds. The molecule has 7 heteroatoms. The van der Waals surface area contributed by atoms with Crippen molar-refractivity contribution in [1.82, 2.24) is 10.9 Å². The number of carbonyl (C=O) groups is 2. The molecule has 0 unspecified atom stereocenters. The molecule has 0 aliphatic rings. The maximum absolute atomic E-state index is 13.3. The normalized spacial score (nSPS) is 11.3. The van der Waals surface area contributed by atoms with E-state index in [1.165, 1.54) is 25.1 Å². The van der Waals surface area contributed by atoms with Gasteiger partial charge in [-0.1, -0.05) is 12.1 Å². The van der Waals surface area contributed by atoms with E-state index in [4.69, 9.17) is 4.74 Å². The fourth-order valence-corrected chi connectivity index (χ4v) is 1.17. The van der Waals surface area contributed by atoms with Crippen LogP contribution >= 0.6 is 0 Å². The van der Waals surface area contributed by atoms with Gasteiger partial charge >= 0.3 is 6.09 Å². The van der Waals surface area contributed by atoms with Crippen LogP contribution in [-0.4, -0.2) is 24.7 Å². The first-order chi connectivity index (χ1) is 9.04. The molecule has 0 saturated carbocycles. The average molecular weight is 270 g/mol. The molecule has 0 spiro atoms. The molecule has 0 heterocycles. The van der Waals surface area contributed by atoms with E-state index in [2.05, 4.69) is 10.2 Å². The third-order valence-corrected chi connectivity index (χ3v) is 2.07. The lowest BCUT2D eigenvalue weighted by Gasteiger charge is -2.15. The minimum Gasteiger partial charge on any atom is -0.478 e. The standard InChI is InChI=1S/C12H15FN2O4/c1-3-18-12(17)15-14-11(16)8(2)19-10-7-5-4-6-9(10)13/h4-8H,3H2,1-2H3,(H,14,16)(H,15,17)/t8-/m1/s1. The number of hydrogen-bond donors (Lipinski definition) is 2. The number of nitrogens with one attached hydrogen (secondary N) is 2. The van der Waals surface area contributed by atoms with Crippen molar-refractivity contribution in [3.8, 4) is 5.75 Å². The second kappa shape index (κ2) is 7.20. The second-order valence-corrected chi connectivity index (χ2v) is 3.53. The Bertz CT molecular complexity index is 453. The molecule has 1 aromatic rings. The molecule has 19 heavy (non-hydrogen) atoms. The molecule has 0 aliphatic carbocycles. The third kappa shape index (κ3) is 4.82. The van der Waals surface area contributed by atoms with Crippen molar-refractivity contribution >= 4 is 12.0 Å². The Kier molecular flexibility index (Phi) is 5.59. The van der Waals surface area contributed by atoms with Crippen molar-refractivity contribution in [2.45, 2.75) is 20.0 Å². The summed E-state index contributed by atoms with van der Waals surface area (Å²) in [5.74, 6) is -1.24. The molecule has 0 fully saturated rings. The van der Waals surface area contributed by atoms with Crippen molar-refractivity contribution in [1.29, 1.82) is 0 Å². The van der Waals surface area contributed by atoms with Crippen molar-refractivity contribution < 1.29 is 23.5 Å². The largest absolute Gasteiger partial charge is 0.478 e.